The number of aromatic carboxylic acids is 1. The number of hydrogen-bond acceptors (Lipinski definition) is 4. The van der Waals surface area contributed by atoms with Gasteiger partial charge >= 0.3 is 5.97 Å². The molecule has 0 saturated heterocycles. The molecule has 0 spiro atoms. The van der Waals surface area contributed by atoms with Crippen molar-refractivity contribution in [3.05, 3.63) is 45.8 Å². The van der Waals surface area contributed by atoms with Crippen LogP contribution in [-0.4, -0.2) is 16.1 Å². The fourth-order valence-corrected chi connectivity index (χ4v) is 2.98. The minimum absolute atomic E-state index is 0.104. The van der Waals surface area contributed by atoms with Crippen molar-refractivity contribution in [2.45, 2.75) is 32.7 Å². The molecule has 5 heteroatoms. The standard InChI is InChI=1S/C15H18N2O2S/c1-3-5-11(12-6-4-9-20-12)17-14-13(15(18)19)10(2)7-8-16-14/h4,6-9,11H,3,5H2,1-2H3,(H,16,17)(H,18,19). The SMILES string of the molecule is CCCC(Nc1nccc(C)c1C(=O)O)c1cccs1. The molecule has 0 aliphatic heterocycles. The van der Waals surface area contributed by atoms with Crippen LogP contribution in [0.2, 0.25) is 0 Å². The molecule has 2 aromatic rings. The van der Waals surface area contributed by atoms with E-state index in [1.807, 2.05) is 11.4 Å². The highest BCUT2D eigenvalue weighted by Crippen LogP contribution is 2.28. The molecule has 0 radical (unpaired) electrons. The van der Waals surface area contributed by atoms with Crippen molar-refractivity contribution in [1.82, 2.24) is 4.98 Å². The number of hydrogen-bond donors (Lipinski definition) is 2. The van der Waals surface area contributed by atoms with Crippen molar-refractivity contribution in [2.75, 3.05) is 5.32 Å². The number of carbonyl (C=O) groups is 1. The van der Waals surface area contributed by atoms with E-state index in [9.17, 15) is 9.90 Å². The van der Waals surface area contributed by atoms with Gasteiger partial charge in [0.2, 0.25) is 0 Å². The number of rotatable bonds is 6. The van der Waals surface area contributed by atoms with Gasteiger partial charge in [0.05, 0.1) is 6.04 Å². The highest BCUT2D eigenvalue weighted by atomic mass is 32.1. The van der Waals surface area contributed by atoms with Gasteiger partial charge in [0.15, 0.2) is 0 Å². The first-order valence-electron chi connectivity index (χ1n) is 6.62. The van der Waals surface area contributed by atoms with E-state index in [1.54, 1.807) is 30.5 Å². The molecule has 0 fully saturated rings. The van der Waals surface area contributed by atoms with Gasteiger partial charge in [0.1, 0.15) is 11.4 Å². The number of aromatic nitrogens is 1. The number of carboxylic acid groups (broad SMARTS) is 1. The second kappa shape index (κ2) is 6.52. The summed E-state index contributed by atoms with van der Waals surface area (Å²) in [5.41, 5.74) is 0.974. The number of aryl methyl sites for hydroxylation is 1. The van der Waals surface area contributed by atoms with Crippen LogP contribution in [0.15, 0.2) is 29.8 Å². The summed E-state index contributed by atoms with van der Waals surface area (Å²) >= 11 is 1.67. The summed E-state index contributed by atoms with van der Waals surface area (Å²) in [5, 5.41) is 14.7. The quantitative estimate of drug-likeness (QED) is 0.840. The third kappa shape index (κ3) is 3.17. The molecule has 0 aromatic carbocycles. The molecule has 2 aromatic heterocycles. The summed E-state index contributed by atoms with van der Waals surface area (Å²) in [6.07, 6.45) is 3.60. The number of nitrogens with zero attached hydrogens (tertiary/aromatic N) is 1. The molecule has 2 N–H and O–H groups in total. The smallest absolute Gasteiger partial charge is 0.339 e. The van der Waals surface area contributed by atoms with Crippen LogP contribution in [0.3, 0.4) is 0 Å². The van der Waals surface area contributed by atoms with E-state index in [0.29, 0.717) is 5.82 Å². The molecule has 1 atom stereocenters. The zero-order valence-electron chi connectivity index (χ0n) is 11.6. The molecular weight excluding hydrogens is 272 g/mol. The van der Waals surface area contributed by atoms with E-state index in [4.69, 9.17) is 0 Å². The minimum Gasteiger partial charge on any atom is -0.478 e. The summed E-state index contributed by atoms with van der Waals surface area (Å²) in [5.74, 6) is -0.496. The van der Waals surface area contributed by atoms with Gasteiger partial charge in [0, 0.05) is 11.1 Å². The van der Waals surface area contributed by atoms with Crippen molar-refractivity contribution < 1.29 is 9.90 Å². The molecule has 0 saturated carbocycles. The van der Waals surface area contributed by atoms with Crippen molar-refractivity contribution >= 4 is 23.1 Å². The zero-order chi connectivity index (χ0) is 14.5. The monoisotopic (exact) mass is 290 g/mol. The Labute approximate surface area is 122 Å². The third-order valence-electron chi connectivity index (χ3n) is 3.15. The van der Waals surface area contributed by atoms with Crippen LogP contribution in [0.4, 0.5) is 5.82 Å². The van der Waals surface area contributed by atoms with E-state index < -0.39 is 5.97 Å². The average molecular weight is 290 g/mol. The van der Waals surface area contributed by atoms with Gasteiger partial charge in [-0.25, -0.2) is 9.78 Å². The Balaban J connectivity index is 2.32. The highest BCUT2D eigenvalue weighted by Gasteiger charge is 2.18. The first kappa shape index (κ1) is 14.5. The Hall–Kier alpha value is -1.88. The summed E-state index contributed by atoms with van der Waals surface area (Å²) in [6, 6.07) is 5.89. The topological polar surface area (TPSA) is 62.2 Å². The van der Waals surface area contributed by atoms with Crippen LogP contribution in [0.1, 0.15) is 46.6 Å². The van der Waals surface area contributed by atoms with Crippen LogP contribution in [-0.2, 0) is 0 Å². The molecule has 2 rings (SSSR count). The van der Waals surface area contributed by atoms with Gasteiger partial charge in [-0.1, -0.05) is 19.4 Å². The lowest BCUT2D eigenvalue weighted by Crippen LogP contribution is -2.14. The summed E-state index contributed by atoms with van der Waals surface area (Å²) in [6.45, 7) is 3.90. The lowest BCUT2D eigenvalue weighted by Gasteiger charge is -2.19. The van der Waals surface area contributed by atoms with Crippen molar-refractivity contribution in [3.8, 4) is 0 Å². The van der Waals surface area contributed by atoms with Gasteiger partial charge in [0.25, 0.3) is 0 Å². The maximum atomic E-state index is 11.4. The van der Waals surface area contributed by atoms with E-state index in [-0.39, 0.29) is 11.6 Å². The van der Waals surface area contributed by atoms with E-state index in [1.165, 1.54) is 4.88 Å². The molecule has 0 bridgehead atoms. The highest BCUT2D eigenvalue weighted by molar-refractivity contribution is 7.10. The van der Waals surface area contributed by atoms with Crippen LogP contribution in [0.25, 0.3) is 0 Å². The predicted octanol–water partition coefficient (Wildman–Crippen LogP) is 4.10. The predicted molar refractivity (Wildman–Crippen MR) is 81.5 cm³/mol. The minimum atomic E-state index is -0.945. The third-order valence-corrected chi connectivity index (χ3v) is 4.13. The van der Waals surface area contributed by atoms with Gasteiger partial charge < -0.3 is 10.4 Å². The van der Waals surface area contributed by atoms with Crippen LogP contribution >= 0.6 is 11.3 Å². The molecule has 1 unspecified atom stereocenters. The van der Waals surface area contributed by atoms with Gasteiger partial charge in [-0.3, -0.25) is 0 Å². The number of anilines is 1. The van der Waals surface area contributed by atoms with E-state index in [0.717, 1.165) is 18.4 Å². The molecule has 20 heavy (non-hydrogen) atoms. The molecule has 0 aliphatic carbocycles. The Morgan fingerprint density at radius 2 is 2.30 bits per heavy atom. The molecule has 0 amide bonds. The number of thiophene rings is 1. The molecule has 106 valence electrons. The summed E-state index contributed by atoms with van der Waals surface area (Å²) in [7, 11) is 0. The Morgan fingerprint density at radius 1 is 1.50 bits per heavy atom. The second-order valence-electron chi connectivity index (χ2n) is 4.66. The maximum absolute atomic E-state index is 11.4. The van der Waals surface area contributed by atoms with Gasteiger partial charge in [-0.2, -0.15) is 0 Å². The molecule has 4 nitrogen and oxygen atoms in total. The Bertz CT molecular complexity index is 582. The van der Waals surface area contributed by atoms with Crippen LogP contribution in [0.5, 0.6) is 0 Å². The largest absolute Gasteiger partial charge is 0.478 e. The average Bonchev–Trinajstić information content (AvgIpc) is 2.91. The van der Waals surface area contributed by atoms with Crippen LogP contribution in [0, 0.1) is 6.92 Å². The van der Waals surface area contributed by atoms with Crippen molar-refractivity contribution in [1.29, 1.82) is 0 Å². The number of pyridine rings is 1. The normalized spacial score (nSPS) is 12.1. The first-order chi connectivity index (χ1) is 9.63. The summed E-state index contributed by atoms with van der Waals surface area (Å²) < 4.78 is 0. The fourth-order valence-electron chi connectivity index (χ4n) is 2.17. The van der Waals surface area contributed by atoms with Crippen molar-refractivity contribution in [2.24, 2.45) is 0 Å². The second-order valence-corrected chi connectivity index (χ2v) is 5.64. The first-order valence-corrected chi connectivity index (χ1v) is 7.50. The lowest BCUT2D eigenvalue weighted by molar-refractivity contribution is 0.0696. The number of carboxylic acids is 1. The lowest BCUT2D eigenvalue weighted by atomic mass is 10.1. The number of nitrogens with one attached hydrogen (secondary N) is 1. The van der Waals surface area contributed by atoms with Gasteiger partial charge in [-0.15, -0.1) is 11.3 Å². The summed E-state index contributed by atoms with van der Waals surface area (Å²) in [4.78, 5) is 16.8. The molecule has 0 aliphatic rings. The van der Waals surface area contributed by atoms with Crippen molar-refractivity contribution in [3.63, 3.8) is 0 Å². The Kier molecular flexibility index (Phi) is 4.74. The zero-order valence-corrected chi connectivity index (χ0v) is 12.4. The Morgan fingerprint density at radius 3 is 2.90 bits per heavy atom. The van der Waals surface area contributed by atoms with Gasteiger partial charge in [-0.05, 0) is 36.4 Å². The van der Waals surface area contributed by atoms with E-state index >= 15 is 0 Å². The fraction of sp³-hybridized carbons (Fsp3) is 0.333. The molecule has 2 heterocycles. The molecular formula is C15H18N2O2S. The van der Waals surface area contributed by atoms with E-state index in [2.05, 4.69) is 23.3 Å². The van der Waals surface area contributed by atoms with Crippen LogP contribution < -0.4 is 5.32 Å². The maximum Gasteiger partial charge on any atom is 0.339 e.